The second-order valence-corrected chi connectivity index (χ2v) is 24.4. The molecule has 3 rings (SSSR count). The molecule has 2 heterocycles. The molecule has 0 aliphatic rings. The Labute approximate surface area is 226 Å². The van der Waals surface area contributed by atoms with Gasteiger partial charge in [-0.05, 0) is 50.8 Å². The lowest BCUT2D eigenvalue weighted by Gasteiger charge is -2.38. The Bertz CT molecular complexity index is 1130. The molecule has 2 aromatic heterocycles. The maximum absolute atomic E-state index is 6.15. The van der Waals surface area contributed by atoms with Gasteiger partial charge in [0.15, 0.2) is 5.58 Å². The van der Waals surface area contributed by atoms with Crippen LogP contribution in [0.5, 0.6) is 0 Å². The van der Waals surface area contributed by atoms with Crippen molar-refractivity contribution in [3.8, 4) is 22.9 Å². The van der Waals surface area contributed by atoms with E-state index in [0.29, 0.717) is 33.2 Å². The first-order chi connectivity index (χ1) is 16.8. The van der Waals surface area contributed by atoms with Crippen LogP contribution in [0.3, 0.4) is 0 Å². The van der Waals surface area contributed by atoms with E-state index in [1.165, 1.54) is 10.1 Å². The number of rotatable bonds is 6. The first-order valence-corrected chi connectivity index (χ1v) is 19.1. The molecule has 194 valence electrons. The van der Waals surface area contributed by atoms with E-state index >= 15 is 0 Å². The van der Waals surface area contributed by atoms with E-state index in [2.05, 4.69) is 124 Å². The van der Waals surface area contributed by atoms with Gasteiger partial charge in [0.25, 0.3) is 0 Å². The monoisotopic (exact) mass is 534 g/mol. The molecule has 0 saturated heterocycles. The maximum atomic E-state index is 6.15. The van der Waals surface area contributed by atoms with Crippen molar-refractivity contribution in [2.75, 3.05) is 0 Å². The largest absolute Gasteiger partial charge is 0.463 e. The van der Waals surface area contributed by atoms with Gasteiger partial charge in [0, 0.05) is 10.8 Å². The van der Waals surface area contributed by atoms with Crippen molar-refractivity contribution in [3.05, 3.63) is 34.9 Å². The molecule has 0 amide bonds. The minimum absolute atomic E-state index is 0.598. The predicted octanol–water partition coefficient (Wildman–Crippen LogP) is 10.8. The summed E-state index contributed by atoms with van der Waals surface area (Å²) in [6, 6.07) is 4.32. The molecule has 0 N–H and O–H groups in total. The minimum Gasteiger partial charge on any atom is -0.463 e. The molecule has 0 aliphatic heterocycles. The van der Waals surface area contributed by atoms with Crippen LogP contribution in [0.4, 0.5) is 0 Å². The average Bonchev–Trinajstić information content (AvgIpc) is 3.43. The summed E-state index contributed by atoms with van der Waals surface area (Å²) in [6.45, 7) is 28.5. The fourth-order valence-corrected chi connectivity index (χ4v) is 18.4. The molecule has 0 saturated carbocycles. The highest BCUT2D eigenvalue weighted by atomic mass is 32.1. The van der Waals surface area contributed by atoms with Crippen LogP contribution in [-0.2, 0) is 0 Å². The fraction of sp³-hybridized carbons (Fsp3) is 0.562. The van der Waals surface area contributed by atoms with Gasteiger partial charge in [-0.15, -0.1) is 22.4 Å². The second kappa shape index (κ2) is 10.9. The molecule has 4 heteroatoms. The molecule has 0 atom stereocenters. The minimum atomic E-state index is -1.86. The van der Waals surface area contributed by atoms with Crippen LogP contribution in [0.15, 0.2) is 28.2 Å². The van der Waals surface area contributed by atoms with Crippen LogP contribution in [0, 0.1) is 22.9 Å². The second-order valence-electron chi connectivity index (χ2n) is 12.4. The van der Waals surface area contributed by atoms with E-state index in [9.17, 15) is 0 Å². The summed E-state index contributed by atoms with van der Waals surface area (Å²) in [5.74, 6) is 7.49. The van der Waals surface area contributed by atoms with Crippen LogP contribution in [-0.4, -0.2) is 16.1 Å². The number of thiophene rings is 1. The van der Waals surface area contributed by atoms with Gasteiger partial charge in [-0.2, -0.15) is 0 Å². The van der Waals surface area contributed by atoms with Crippen molar-refractivity contribution in [2.45, 2.75) is 116 Å². The molecular formula is C32H46OSSi2. The Morgan fingerprint density at radius 2 is 1.06 bits per heavy atom. The lowest BCUT2D eigenvalue weighted by Crippen LogP contribution is -2.43. The van der Waals surface area contributed by atoms with Gasteiger partial charge in [0.1, 0.15) is 16.1 Å². The lowest BCUT2D eigenvalue weighted by molar-refractivity contribution is 0.615. The number of hydrogen-bond donors (Lipinski definition) is 0. The Hall–Kier alpha value is -1.73. The quantitative estimate of drug-likeness (QED) is 0.226. The summed E-state index contributed by atoms with van der Waals surface area (Å²) >= 11 is 1.79. The molecule has 0 fully saturated rings. The predicted molar refractivity (Wildman–Crippen MR) is 167 cm³/mol. The van der Waals surface area contributed by atoms with Gasteiger partial charge in [-0.1, -0.05) is 94.9 Å². The van der Waals surface area contributed by atoms with E-state index in [1.54, 1.807) is 11.3 Å². The van der Waals surface area contributed by atoms with Gasteiger partial charge in [-0.25, -0.2) is 0 Å². The fourth-order valence-electron chi connectivity index (χ4n) is 7.10. The molecule has 0 radical (unpaired) electrons. The average molecular weight is 535 g/mol. The van der Waals surface area contributed by atoms with Crippen molar-refractivity contribution >= 4 is 48.5 Å². The Balaban J connectivity index is 2.33. The highest BCUT2D eigenvalue weighted by Gasteiger charge is 2.42. The third-order valence-electron chi connectivity index (χ3n) is 8.86. The molecule has 1 nitrogen and oxygen atoms in total. The summed E-state index contributed by atoms with van der Waals surface area (Å²) in [4.78, 5) is 0. The summed E-state index contributed by atoms with van der Waals surface area (Å²) in [7, 11) is -3.70. The first kappa shape index (κ1) is 28.8. The Kier molecular flexibility index (Phi) is 8.77. The number of benzene rings is 1. The zero-order chi connectivity index (χ0) is 27.0. The van der Waals surface area contributed by atoms with Crippen molar-refractivity contribution in [3.63, 3.8) is 0 Å². The molecule has 36 heavy (non-hydrogen) atoms. The summed E-state index contributed by atoms with van der Waals surface area (Å²) < 4.78 is 7.40. The van der Waals surface area contributed by atoms with E-state index < -0.39 is 16.1 Å². The van der Waals surface area contributed by atoms with Crippen LogP contribution >= 0.6 is 11.3 Å². The van der Waals surface area contributed by atoms with Crippen LogP contribution in [0.2, 0.25) is 33.2 Å². The maximum Gasteiger partial charge on any atom is 0.151 e. The van der Waals surface area contributed by atoms with Crippen molar-refractivity contribution < 1.29 is 4.42 Å². The Morgan fingerprint density at radius 3 is 1.50 bits per heavy atom. The molecular weight excluding hydrogens is 489 g/mol. The lowest BCUT2D eigenvalue weighted by atomic mass is 10.0. The van der Waals surface area contributed by atoms with Gasteiger partial charge in [0.2, 0.25) is 0 Å². The molecule has 0 unspecified atom stereocenters. The Morgan fingerprint density at radius 1 is 0.611 bits per heavy atom. The highest BCUT2D eigenvalue weighted by molar-refractivity contribution is 7.17. The standard InChI is InChI=1S/C32H46OSSi2/c1-21(2)35(22(3)4,23(5)6)19-15-28-29-14-18-34-32(29)30(27-13-17-33-31(27)28)16-20-36(24(7)8,25(9)10)26(11)12/h13-14,17-18,21-26H,1-12H3. The van der Waals surface area contributed by atoms with Crippen LogP contribution < -0.4 is 0 Å². The zero-order valence-electron chi connectivity index (χ0n) is 24.6. The van der Waals surface area contributed by atoms with Crippen LogP contribution in [0.25, 0.3) is 21.1 Å². The number of hydrogen-bond acceptors (Lipinski definition) is 2. The van der Waals surface area contributed by atoms with Gasteiger partial charge >= 0.3 is 0 Å². The molecule has 0 bridgehead atoms. The van der Waals surface area contributed by atoms with Crippen molar-refractivity contribution in [2.24, 2.45) is 0 Å². The normalized spacial score (nSPS) is 12.9. The smallest absolute Gasteiger partial charge is 0.151 e. The number of furan rings is 1. The van der Waals surface area contributed by atoms with E-state index in [1.807, 2.05) is 6.26 Å². The van der Waals surface area contributed by atoms with E-state index in [4.69, 9.17) is 4.42 Å². The third-order valence-corrected chi connectivity index (χ3v) is 22.4. The van der Waals surface area contributed by atoms with Gasteiger partial charge in [0.05, 0.1) is 22.1 Å². The van der Waals surface area contributed by atoms with E-state index in [0.717, 1.165) is 22.1 Å². The molecule has 1 aromatic carbocycles. The zero-order valence-corrected chi connectivity index (χ0v) is 27.4. The SMILES string of the molecule is CC(C)[Si](C#Cc1c2ccsc2c(C#C[Si](C(C)C)(C(C)C)C(C)C)c2ccoc12)(C(C)C)C(C)C. The molecule has 0 spiro atoms. The summed E-state index contributed by atoms with van der Waals surface area (Å²) in [5, 5.41) is 4.51. The topological polar surface area (TPSA) is 13.1 Å². The summed E-state index contributed by atoms with van der Waals surface area (Å²) in [5.41, 5.74) is 14.6. The van der Waals surface area contributed by atoms with Crippen molar-refractivity contribution in [1.82, 2.24) is 0 Å². The first-order valence-electron chi connectivity index (χ1n) is 13.8. The third kappa shape index (κ3) is 4.66. The van der Waals surface area contributed by atoms with Crippen LogP contribution in [0.1, 0.15) is 94.2 Å². The summed E-state index contributed by atoms with van der Waals surface area (Å²) in [6.07, 6.45) is 1.82. The van der Waals surface area contributed by atoms with Gasteiger partial charge in [-0.3, -0.25) is 0 Å². The molecule has 0 aliphatic carbocycles. The highest BCUT2D eigenvalue weighted by Crippen LogP contribution is 2.43. The number of fused-ring (bicyclic) bond motifs is 2. The molecule has 3 aromatic rings. The van der Waals surface area contributed by atoms with Gasteiger partial charge < -0.3 is 4.42 Å². The van der Waals surface area contributed by atoms with E-state index in [-0.39, 0.29) is 0 Å². The van der Waals surface area contributed by atoms with Crippen molar-refractivity contribution in [1.29, 1.82) is 0 Å².